The number of pyridine rings is 2. The van der Waals surface area contributed by atoms with Crippen molar-refractivity contribution < 1.29 is 41.0 Å². The first-order valence-corrected chi connectivity index (χ1v) is 19.5. The van der Waals surface area contributed by atoms with Gasteiger partial charge in [0.25, 0.3) is 0 Å². The molecule has 6 aromatic rings. The molecule has 316 valence electrons. The molecule has 0 spiro atoms. The molecule has 0 radical (unpaired) electrons. The Morgan fingerprint density at radius 2 is 1.30 bits per heavy atom. The molecule has 0 atom stereocenters. The van der Waals surface area contributed by atoms with Gasteiger partial charge in [0.2, 0.25) is 0 Å². The first-order chi connectivity index (χ1) is 28.3. The molecule has 0 aliphatic heterocycles. The molecule has 2 aromatic carbocycles. The number of benzene rings is 2. The molecule has 0 amide bonds. The summed E-state index contributed by atoms with van der Waals surface area (Å²) >= 11 is 0. The predicted octanol–water partition coefficient (Wildman–Crippen LogP) is 11.6. The van der Waals surface area contributed by atoms with Crippen molar-refractivity contribution in [2.75, 3.05) is 23.7 Å². The number of aromatic carboxylic acids is 1. The second kappa shape index (κ2) is 17.2. The van der Waals surface area contributed by atoms with E-state index >= 15 is 0 Å². The van der Waals surface area contributed by atoms with Crippen molar-refractivity contribution >= 4 is 40.5 Å². The Balaban J connectivity index is 0.000000203. The highest BCUT2D eigenvalue weighted by Crippen LogP contribution is 2.49. The lowest BCUT2D eigenvalue weighted by Gasteiger charge is -2.13. The minimum absolute atomic E-state index is 0.163. The van der Waals surface area contributed by atoms with Crippen LogP contribution < -0.4 is 10.6 Å². The third kappa shape index (κ3) is 10.4. The number of carbonyl (C=O) groups excluding carboxylic acids is 1. The number of aryl methyl sites for hydroxylation is 3. The van der Waals surface area contributed by atoms with Gasteiger partial charge < -0.3 is 15.7 Å². The maximum absolute atomic E-state index is 12.7. The number of hydrogen-bond acceptors (Lipinski definition) is 6. The smallest absolute Gasteiger partial charge is 0.390 e. The molecule has 0 saturated heterocycles. The van der Waals surface area contributed by atoms with Crippen LogP contribution in [0.15, 0.2) is 79.9 Å². The van der Waals surface area contributed by atoms with Crippen molar-refractivity contribution in [1.82, 2.24) is 18.8 Å². The number of carboxylic acid groups (broad SMARTS) is 1. The van der Waals surface area contributed by atoms with Crippen LogP contribution in [-0.4, -0.2) is 61.1 Å². The zero-order valence-corrected chi connectivity index (χ0v) is 33.7. The molecule has 15 heteroatoms. The van der Waals surface area contributed by atoms with E-state index in [0.29, 0.717) is 45.9 Å². The fraction of sp³-hybridized carbons (Fsp3) is 0.333. The second-order valence-corrected chi connectivity index (χ2v) is 15.5. The number of anilines is 2. The first kappa shape index (κ1) is 43.5. The van der Waals surface area contributed by atoms with E-state index in [4.69, 9.17) is 0 Å². The molecule has 4 aromatic heterocycles. The highest BCUT2D eigenvalue weighted by molar-refractivity contribution is 5.98. The molecule has 3 N–H and O–H groups in total. The maximum Gasteiger partial charge on any atom is 0.390 e. The van der Waals surface area contributed by atoms with Gasteiger partial charge in [0.1, 0.15) is 0 Å². The van der Waals surface area contributed by atoms with Gasteiger partial charge in [-0.15, -0.1) is 0 Å². The zero-order valence-electron chi connectivity index (χ0n) is 33.7. The summed E-state index contributed by atoms with van der Waals surface area (Å²) in [5, 5.41) is 14.9. The molecule has 7 rings (SSSR count). The number of imidazole rings is 2. The Hall–Kier alpha value is -6.12. The van der Waals surface area contributed by atoms with Crippen LogP contribution in [0.3, 0.4) is 0 Å². The van der Waals surface area contributed by atoms with E-state index in [1.165, 1.54) is 6.07 Å². The van der Waals surface area contributed by atoms with Crippen LogP contribution in [0.2, 0.25) is 0 Å². The number of hydrogen-bond donors (Lipinski definition) is 3. The van der Waals surface area contributed by atoms with Crippen molar-refractivity contribution in [3.63, 3.8) is 0 Å². The Labute approximate surface area is 343 Å². The SMILES string of the molecule is C=Cc1cc(NCCC(F)(F)F)c2ncc(-c3ccc(C(=O)O)c(C)c3)n2c1.CCc1cc(NCCC(F)(F)F)c2ncc(-c3ccc(C(=O)CC4(C)CC4)c(C)c3)n2c1. The van der Waals surface area contributed by atoms with Gasteiger partial charge in [-0.2, -0.15) is 26.3 Å². The van der Waals surface area contributed by atoms with E-state index in [-0.39, 0.29) is 29.9 Å². The minimum atomic E-state index is -4.25. The lowest BCUT2D eigenvalue weighted by molar-refractivity contribution is -0.132. The van der Waals surface area contributed by atoms with Crippen molar-refractivity contribution in [3.05, 3.63) is 113 Å². The molecule has 1 aliphatic rings. The zero-order chi connectivity index (χ0) is 43.6. The molecular formula is C45H46F6N6O3. The lowest BCUT2D eigenvalue weighted by atomic mass is 9.93. The van der Waals surface area contributed by atoms with Gasteiger partial charge in [0.05, 0.1) is 53.6 Å². The highest BCUT2D eigenvalue weighted by atomic mass is 19.4. The Bertz CT molecular complexity index is 2570. The molecule has 1 fully saturated rings. The van der Waals surface area contributed by atoms with Gasteiger partial charge in [-0.3, -0.25) is 13.6 Å². The van der Waals surface area contributed by atoms with Crippen molar-refractivity contribution in [2.24, 2.45) is 5.41 Å². The summed E-state index contributed by atoms with van der Waals surface area (Å²) in [6.45, 7) is 11.0. The third-order valence-corrected chi connectivity index (χ3v) is 10.6. The van der Waals surface area contributed by atoms with Gasteiger partial charge in [0.15, 0.2) is 17.1 Å². The summed E-state index contributed by atoms with van der Waals surface area (Å²) in [7, 11) is 0. The van der Waals surface area contributed by atoms with Crippen molar-refractivity contribution in [1.29, 1.82) is 0 Å². The number of halogens is 6. The minimum Gasteiger partial charge on any atom is -0.478 e. The number of carbonyl (C=O) groups is 2. The number of fused-ring (bicyclic) bond motifs is 2. The summed E-state index contributed by atoms with van der Waals surface area (Å²) in [6, 6.07) is 14.3. The quantitative estimate of drug-likeness (QED) is 0.0740. The third-order valence-electron chi connectivity index (χ3n) is 10.6. The average molecular weight is 833 g/mol. The Morgan fingerprint density at radius 1 is 0.800 bits per heavy atom. The monoisotopic (exact) mass is 832 g/mol. The molecule has 9 nitrogen and oxygen atoms in total. The van der Waals surface area contributed by atoms with E-state index in [9.17, 15) is 41.0 Å². The first-order valence-electron chi connectivity index (χ1n) is 19.5. The molecule has 1 saturated carbocycles. The van der Waals surface area contributed by atoms with Crippen LogP contribution >= 0.6 is 0 Å². The summed E-state index contributed by atoms with van der Waals surface area (Å²) < 4.78 is 78.8. The second-order valence-electron chi connectivity index (χ2n) is 15.5. The largest absolute Gasteiger partial charge is 0.478 e. The van der Waals surface area contributed by atoms with E-state index in [1.54, 1.807) is 54.2 Å². The highest BCUT2D eigenvalue weighted by Gasteiger charge is 2.39. The number of Topliss-reactive ketones (excluding diaryl/α,β-unsaturated/α-hetero) is 1. The van der Waals surface area contributed by atoms with E-state index in [0.717, 1.165) is 52.8 Å². The molecule has 0 bridgehead atoms. The number of rotatable bonds is 14. The van der Waals surface area contributed by atoms with Gasteiger partial charge >= 0.3 is 18.3 Å². The predicted molar refractivity (Wildman–Crippen MR) is 222 cm³/mol. The summed E-state index contributed by atoms with van der Waals surface area (Å²) in [6.07, 6.45) is 1.89. The van der Waals surface area contributed by atoms with E-state index in [2.05, 4.69) is 34.1 Å². The number of ketones is 1. The van der Waals surface area contributed by atoms with E-state index in [1.807, 2.05) is 48.7 Å². The lowest BCUT2D eigenvalue weighted by Crippen LogP contribution is -2.15. The van der Waals surface area contributed by atoms with Crippen LogP contribution in [-0.2, 0) is 6.42 Å². The van der Waals surface area contributed by atoms with Crippen molar-refractivity contribution in [2.45, 2.75) is 78.6 Å². The molecule has 0 unspecified atom stereocenters. The van der Waals surface area contributed by atoms with Crippen LogP contribution in [0.5, 0.6) is 0 Å². The van der Waals surface area contributed by atoms with Gasteiger partial charge in [0, 0.05) is 48.6 Å². The Kier molecular flexibility index (Phi) is 12.5. The number of nitrogens with one attached hydrogen (secondary N) is 2. The fourth-order valence-corrected chi connectivity index (χ4v) is 6.99. The molecule has 1 aliphatic carbocycles. The van der Waals surface area contributed by atoms with Crippen LogP contribution in [0.4, 0.5) is 37.7 Å². The summed E-state index contributed by atoms with van der Waals surface area (Å²) in [5.41, 5.74) is 9.64. The average Bonchev–Trinajstić information content (AvgIpc) is 3.53. The number of carboxylic acids is 1. The van der Waals surface area contributed by atoms with E-state index < -0.39 is 31.2 Å². The fourth-order valence-electron chi connectivity index (χ4n) is 6.99. The van der Waals surface area contributed by atoms with Gasteiger partial charge in [-0.05, 0) is 91.1 Å². The molecule has 4 heterocycles. The maximum atomic E-state index is 12.7. The topological polar surface area (TPSA) is 113 Å². The molecular weight excluding hydrogens is 787 g/mol. The van der Waals surface area contributed by atoms with Crippen LogP contribution in [0, 0.1) is 19.3 Å². The number of nitrogens with zero attached hydrogens (tertiary/aromatic N) is 4. The number of aromatic nitrogens is 4. The van der Waals surface area contributed by atoms with Gasteiger partial charge in [-0.1, -0.05) is 44.7 Å². The standard InChI is InChI=1S/C25H28F3N3O.C20H18F3N3O2/c1-4-17-12-20(29-10-9-25(26,27)28)23-30-14-21(31(23)15-17)18-5-6-19(16(2)11-18)22(32)13-24(3)7-8-24;1-3-13-9-16(24-7-6-20(21,22)23)18-25-10-17(26(18)11-13)14-4-5-15(19(27)28)12(2)8-14/h5-6,11-12,14-15,29H,4,7-10,13H2,1-3H3;3-5,8-11,24H,1,6-7H2,2H3,(H,27,28). The normalized spacial score (nSPS) is 13.5. The molecule has 60 heavy (non-hydrogen) atoms. The summed E-state index contributed by atoms with van der Waals surface area (Å²) in [5.74, 6) is -0.830. The van der Waals surface area contributed by atoms with Gasteiger partial charge in [-0.25, -0.2) is 14.8 Å². The van der Waals surface area contributed by atoms with Crippen LogP contribution in [0.25, 0.3) is 39.9 Å². The number of alkyl halides is 6. The Morgan fingerprint density at radius 3 is 1.75 bits per heavy atom. The van der Waals surface area contributed by atoms with Crippen LogP contribution in [0.1, 0.15) is 88.9 Å². The van der Waals surface area contributed by atoms with Crippen molar-refractivity contribution in [3.8, 4) is 22.5 Å². The summed E-state index contributed by atoms with van der Waals surface area (Å²) in [4.78, 5) is 32.8.